The molecule has 2 aromatic carbocycles. The van der Waals surface area contributed by atoms with Gasteiger partial charge < -0.3 is 0 Å². The number of pyridine rings is 1. The summed E-state index contributed by atoms with van der Waals surface area (Å²) in [7, 11) is 0. The van der Waals surface area contributed by atoms with Gasteiger partial charge in [0.05, 0.1) is 17.1 Å². The second kappa shape index (κ2) is 7.71. The zero-order chi connectivity index (χ0) is 21.3. The first-order valence-corrected chi connectivity index (χ1v) is 10.1. The highest BCUT2D eigenvalue weighted by Crippen LogP contribution is 2.30. The maximum Gasteiger partial charge on any atom is 0.193 e. The van der Waals surface area contributed by atoms with Crippen molar-refractivity contribution < 1.29 is 4.79 Å². The number of hydrogen-bond acceptors (Lipinski definition) is 3. The second-order valence-electron chi connectivity index (χ2n) is 8.14. The van der Waals surface area contributed by atoms with Crippen LogP contribution in [0, 0.1) is 13.8 Å². The maximum absolute atomic E-state index is 13.3. The molecule has 0 saturated heterocycles. The van der Waals surface area contributed by atoms with Gasteiger partial charge in [0.15, 0.2) is 5.78 Å². The predicted octanol–water partition coefficient (Wildman–Crippen LogP) is 5.44. The van der Waals surface area contributed by atoms with Gasteiger partial charge in [0.1, 0.15) is 0 Å². The van der Waals surface area contributed by atoms with E-state index in [4.69, 9.17) is 0 Å². The van der Waals surface area contributed by atoms with Crippen molar-refractivity contribution in [3.63, 3.8) is 0 Å². The molecule has 4 rings (SSSR count). The van der Waals surface area contributed by atoms with Crippen LogP contribution < -0.4 is 0 Å². The van der Waals surface area contributed by atoms with Crippen LogP contribution in [0.4, 0.5) is 0 Å². The summed E-state index contributed by atoms with van der Waals surface area (Å²) in [5.74, 6) is -0.00273. The van der Waals surface area contributed by atoms with Gasteiger partial charge in [0.25, 0.3) is 0 Å². The Morgan fingerprint density at radius 1 is 0.867 bits per heavy atom. The molecule has 0 fully saturated rings. The Morgan fingerprint density at radius 3 is 2.27 bits per heavy atom. The maximum atomic E-state index is 13.3. The highest BCUT2D eigenvalue weighted by Gasteiger charge is 2.25. The summed E-state index contributed by atoms with van der Waals surface area (Å²) >= 11 is 0. The summed E-state index contributed by atoms with van der Waals surface area (Å²) in [4.78, 5) is 17.8. The Labute approximate surface area is 177 Å². The van der Waals surface area contributed by atoms with Crippen LogP contribution >= 0.6 is 0 Å². The molecule has 2 aromatic heterocycles. The SMILES string of the molecule is Cc1cc(C)n(-c2cccc(C(=O)c3cccc(C(C)(C)c4ccccn4)c3)c2)n1. The normalized spacial score (nSPS) is 11.5. The minimum Gasteiger partial charge on any atom is -0.289 e. The first-order chi connectivity index (χ1) is 14.4. The van der Waals surface area contributed by atoms with Crippen molar-refractivity contribution in [1.29, 1.82) is 0 Å². The van der Waals surface area contributed by atoms with E-state index < -0.39 is 0 Å². The average molecular weight is 396 g/mol. The van der Waals surface area contributed by atoms with Crippen LogP contribution in [-0.4, -0.2) is 20.5 Å². The summed E-state index contributed by atoms with van der Waals surface area (Å²) in [6.07, 6.45) is 1.80. The van der Waals surface area contributed by atoms with E-state index >= 15 is 0 Å². The molecule has 0 bridgehead atoms. The van der Waals surface area contributed by atoms with E-state index in [9.17, 15) is 4.79 Å². The van der Waals surface area contributed by atoms with Gasteiger partial charge in [0, 0.05) is 28.4 Å². The summed E-state index contributed by atoms with van der Waals surface area (Å²) in [5, 5.41) is 4.53. The van der Waals surface area contributed by atoms with E-state index in [-0.39, 0.29) is 11.2 Å². The predicted molar refractivity (Wildman–Crippen MR) is 119 cm³/mol. The van der Waals surface area contributed by atoms with Crippen LogP contribution in [0.5, 0.6) is 0 Å². The topological polar surface area (TPSA) is 47.8 Å². The van der Waals surface area contributed by atoms with Crippen LogP contribution in [0.3, 0.4) is 0 Å². The van der Waals surface area contributed by atoms with Gasteiger partial charge in [-0.25, -0.2) is 4.68 Å². The Morgan fingerprint density at radius 2 is 1.60 bits per heavy atom. The molecular weight excluding hydrogens is 370 g/mol. The molecule has 0 aliphatic rings. The fraction of sp³-hybridized carbons (Fsp3) is 0.192. The highest BCUT2D eigenvalue weighted by atomic mass is 16.1. The molecule has 0 aliphatic heterocycles. The number of rotatable bonds is 5. The summed E-state index contributed by atoms with van der Waals surface area (Å²) in [6, 6.07) is 23.4. The van der Waals surface area contributed by atoms with E-state index in [0.29, 0.717) is 11.1 Å². The molecule has 0 radical (unpaired) electrons. The first-order valence-electron chi connectivity index (χ1n) is 10.1. The molecule has 4 aromatic rings. The summed E-state index contributed by atoms with van der Waals surface area (Å²) in [5.41, 5.74) is 5.92. The third kappa shape index (κ3) is 3.69. The van der Waals surface area contributed by atoms with Gasteiger partial charge in [-0.3, -0.25) is 9.78 Å². The number of carbonyl (C=O) groups is 1. The molecule has 0 aliphatic carbocycles. The molecule has 4 nitrogen and oxygen atoms in total. The van der Waals surface area contributed by atoms with Gasteiger partial charge in [-0.15, -0.1) is 0 Å². The lowest BCUT2D eigenvalue weighted by Crippen LogP contribution is -2.21. The molecule has 0 N–H and O–H groups in total. The van der Waals surface area contributed by atoms with Crippen molar-refractivity contribution in [3.05, 3.63) is 113 Å². The minimum atomic E-state index is -0.302. The fourth-order valence-electron chi connectivity index (χ4n) is 3.77. The molecule has 0 atom stereocenters. The molecule has 0 saturated carbocycles. The lowest BCUT2D eigenvalue weighted by molar-refractivity contribution is 0.103. The molecule has 0 unspecified atom stereocenters. The summed E-state index contributed by atoms with van der Waals surface area (Å²) in [6.45, 7) is 8.23. The molecule has 0 spiro atoms. The van der Waals surface area contributed by atoms with Crippen LogP contribution in [0.25, 0.3) is 5.69 Å². The third-order valence-corrected chi connectivity index (χ3v) is 5.51. The van der Waals surface area contributed by atoms with E-state index in [1.807, 2.05) is 85.3 Å². The van der Waals surface area contributed by atoms with Gasteiger partial charge in [-0.2, -0.15) is 5.10 Å². The number of hydrogen-bond donors (Lipinski definition) is 0. The van der Waals surface area contributed by atoms with Crippen molar-refractivity contribution in [1.82, 2.24) is 14.8 Å². The third-order valence-electron chi connectivity index (χ3n) is 5.51. The van der Waals surface area contributed by atoms with E-state index in [2.05, 4.69) is 30.0 Å². The molecule has 30 heavy (non-hydrogen) atoms. The number of aryl methyl sites for hydroxylation is 2. The number of carbonyl (C=O) groups excluding carboxylic acids is 1. The van der Waals surface area contributed by atoms with Crippen LogP contribution in [0.2, 0.25) is 0 Å². The number of ketones is 1. The smallest absolute Gasteiger partial charge is 0.193 e. The monoisotopic (exact) mass is 395 g/mol. The molecular formula is C26H25N3O. The molecule has 0 amide bonds. The Hall–Kier alpha value is -3.53. The van der Waals surface area contributed by atoms with Crippen molar-refractivity contribution >= 4 is 5.78 Å². The van der Waals surface area contributed by atoms with Crippen molar-refractivity contribution in [2.24, 2.45) is 0 Å². The van der Waals surface area contributed by atoms with Crippen LogP contribution in [0.15, 0.2) is 79.0 Å². The lowest BCUT2D eigenvalue weighted by Gasteiger charge is -2.25. The first kappa shape index (κ1) is 19.8. The molecule has 150 valence electrons. The highest BCUT2D eigenvalue weighted by molar-refractivity contribution is 6.09. The largest absolute Gasteiger partial charge is 0.289 e. The molecule has 2 heterocycles. The Kier molecular flexibility index (Phi) is 5.08. The molecule has 4 heteroatoms. The van der Waals surface area contributed by atoms with Crippen LogP contribution in [-0.2, 0) is 5.41 Å². The van der Waals surface area contributed by atoms with E-state index in [0.717, 1.165) is 28.3 Å². The zero-order valence-corrected chi connectivity index (χ0v) is 17.8. The van der Waals surface area contributed by atoms with Crippen molar-refractivity contribution in [3.8, 4) is 5.69 Å². The Bertz CT molecular complexity index is 1210. The van der Waals surface area contributed by atoms with Gasteiger partial charge in [0.2, 0.25) is 0 Å². The number of benzene rings is 2. The van der Waals surface area contributed by atoms with Crippen molar-refractivity contribution in [2.75, 3.05) is 0 Å². The van der Waals surface area contributed by atoms with Gasteiger partial charge in [-0.05, 0) is 55.8 Å². The zero-order valence-electron chi connectivity index (χ0n) is 17.8. The van der Waals surface area contributed by atoms with E-state index in [1.54, 1.807) is 6.20 Å². The standard InChI is InChI=1S/C26H25N3O/c1-18-15-19(2)29(28-18)23-12-8-10-21(17-23)25(30)20-9-7-11-22(16-20)26(3,4)24-13-5-6-14-27-24/h5-17H,1-4H3. The number of nitrogens with zero attached hydrogens (tertiary/aromatic N) is 3. The van der Waals surface area contributed by atoms with Gasteiger partial charge >= 0.3 is 0 Å². The van der Waals surface area contributed by atoms with Crippen molar-refractivity contribution in [2.45, 2.75) is 33.1 Å². The summed E-state index contributed by atoms with van der Waals surface area (Å²) < 4.78 is 1.87. The fourth-order valence-corrected chi connectivity index (χ4v) is 3.77. The second-order valence-corrected chi connectivity index (χ2v) is 8.14. The quantitative estimate of drug-likeness (QED) is 0.423. The average Bonchev–Trinajstić information content (AvgIpc) is 3.12. The van der Waals surface area contributed by atoms with Crippen LogP contribution in [0.1, 0.15) is 52.4 Å². The van der Waals surface area contributed by atoms with Gasteiger partial charge in [-0.1, -0.05) is 50.2 Å². The lowest BCUT2D eigenvalue weighted by atomic mass is 9.80. The van der Waals surface area contributed by atoms with E-state index in [1.165, 1.54) is 0 Å². The number of aromatic nitrogens is 3. The Balaban J connectivity index is 1.69. The minimum absolute atomic E-state index is 0.00273.